The second kappa shape index (κ2) is 8.06. The molecule has 0 spiro atoms. The molecule has 3 amide bonds. The molecule has 0 radical (unpaired) electrons. The van der Waals surface area contributed by atoms with Gasteiger partial charge in [0, 0.05) is 31.7 Å². The molecule has 2 aliphatic rings. The van der Waals surface area contributed by atoms with Crippen LogP contribution in [0.2, 0.25) is 0 Å². The summed E-state index contributed by atoms with van der Waals surface area (Å²) in [4.78, 5) is 28.7. The lowest BCUT2D eigenvalue weighted by Crippen LogP contribution is -2.51. The van der Waals surface area contributed by atoms with E-state index in [9.17, 15) is 14.0 Å². The highest BCUT2D eigenvalue weighted by Crippen LogP contribution is 2.24. The molecule has 1 atom stereocenters. The van der Waals surface area contributed by atoms with Crippen molar-refractivity contribution in [3.05, 3.63) is 35.6 Å². The molecule has 2 fully saturated rings. The van der Waals surface area contributed by atoms with Gasteiger partial charge in [0.25, 0.3) is 5.91 Å². The van der Waals surface area contributed by atoms with Crippen LogP contribution in [0.5, 0.6) is 0 Å². The Hall–Kier alpha value is -2.11. The summed E-state index contributed by atoms with van der Waals surface area (Å²) in [5, 5.41) is 3.13. The molecule has 2 aliphatic heterocycles. The summed E-state index contributed by atoms with van der Waals surface area (Å²) < 4.78 is 13.8. The van der Waals surface area contributed by atoms with Gasteiger partial charge in [0.05, 0.1) is 5.56 Å². The Morgan fingerprint density at radius 3 is 2.46 bits per heavy atom. The van der Waals surface area contributed by atoms with Crippen molar-refractivity contribution in [3.63, 3.8) is 0 Å². The second-order valence-electron chi connectivity index (χ2n) is 7.64. The van der Waals surface area contributed by atoms with E-state index >= 15 is 0 Å². The first-order valence-corrected chi connectivity index (χ1v) is 9.58. The van der Waals surface area contributed by atoms with Crippen molar-refractivity contribution in [3.8, 4) is 0 Å². The summed E-state index contributed by atoms with van der Waals surface area (Å²) in [7, 11) is 0. The number of nitrogens with zero attached hydrogens (tertiary/aromatic N) is 2. The van der Waals surface area contributed by atoms with Crippen LogP contribution in [-0.2, 0) is 0 Å². The molecular formula is C20H28FN3O2. The Labute approximate surface area is 154 Å². The molecule has 0 bridgehead atoms. The highest BCUT2D eigenvalue weighted by atomic mass is 19.1. The number of urea groups is 1. The average Bonchev–Trinajstić information content (AvgIpc) is 3.12. The predicted octanol–water partition coefficient (Wildman–Crippen LogP) is 3.26. The molecule has 2 saturated heterocycles. The summed E-state index contributed by atoms with van der Waals surface area (Å²) in [6.07, 6.45) is 3.53. The van der Waals surface area contributed by atoms with Crippen LogP contribution in [0.15, 0.2) is 24.3 Å². The molecule has 3 rings (SSSR count). The van der Waals surface area contributed by atoms with Crippen LogP contribution in [0, 0.1) is 11.7 Å². The van der Waals surface area contributed by atoms with Crippen LogP contribution in [0.4, 0.5) is 9.18 Å². The summed E-state index contributed by atoms with van der Waals surface area (Å²) in [6, 6.07) is 6.48. The first-order valence-electron chi connectivity index (χ1n) is 9.58. The van der Waals surface area contributed by atoms with Crippen molar-refractivity contribution >= 4 is 11.9 Å². The number of carbonyl (C=O) groups is 2. The lowest BCUT2D eigenvalue weighted by molar-refractivity contribution is 0.0701. The molecule has 5 nitrogen and oxygen atoms in total. The number of rotatable bonds is 3. The van der Waals surface area contributed by atoms with E-state index in [-0.39, 0.29) is 23.5 Å². The first-order chi connectivity index (χ1) is 12.5. The molecule has 2 heterocycles. The Morgan fingerprint density at radius 2 is 1.81 bits per heavy atom. The zero-order chi connectivity index (χ0) is 18.7. The predicted molar refractivity (Wildman–Crippen MR) is 98.4 cm³/mol. The Kier molecular flexibility index (Phi) is 5.79. The fourth-order valence-corrected chi connectivity index (χ4v) is 4.03. The van der Waals surface area contributed by atoms with Gasteiger partial charge in [0.2, 0.25) is 0 Å². The number of amides is 3. The number of hydrogen-bond donors (Lipinski definition) is 1. The fraction of sp³-hybridized carbons (Fsp3) is 0.600. The standard InChI is InChI=1S/C20H28FN3O2/c1-14(2)18-8-5-11-24(18)20(26)22-15-9-12-23(13-10-15)19(25)16-6-3-4-7-17(16)21/h3-4,6-7,14-15,18H,5,8-13H2,1-2H3,(H,22,26). The number of likely N-dealkylation sites (tertiary alicyclic amines) is 2. The third kappa shape index (κ3) is 4.00. The van der Waals surface area contributed by atoms with Gasteiger partial charge in [-0.3, -0.25) is 4.79 Å². The Balaban J connectivity index is 1.52. The van der Waals surface area contributed by atoms with Crippen LogP contribution in [-0.4, -0.2) is 53.5 Å². The molecule has 1 aromatic carbocycles. The molecule has 1 unspecified atom stereocenters. The van der Waals surface area contributed by atoms with Gasteiger partial charge < -0.3 is 15.1 Å². The quantitative estimate of drug-likeness (QED) is 0.898. The SMILES string of the molecule is CC(C)C1CCCN1C(=O)NC1CCN(C(=O)c2ccccc2F)CC1. The van der Waals surface area contributed by atoms with Crippen LogP contribution < -0.4 is 5.32 Å². The maximum absolute atomic E-state index is 13.8. The maximum atomic E-state index is 13.8. The summed E-state index contributed by atoms with van der Waals surface area (Å²) in [5.41, 5.74) is 0.117. The minimum atomic E-state index is -0.485. The van der Waals surface area contributed by atoms with Crippen LogP contribution in [0.25, 0.3) is 0 Å². The van der Waals surface area contributed by atoms with Crippen molar-refractivity contribution in [2.45, 2.75) is 51.6 Å². The number of piperidine rings is 1. The monoisotopic (exact) mass is 361 g/mol. The molecule has 0 aliphatic carbocycles. The van der Waals surface area contributed by atoms with E-state index in [1.54, 1.807) is 17.0 Å². The number of hydrogen-bond acceptors (Lipinski definition) is 2. The molecule has 1 N–H and O–H groups in total. The van der Waals surface area contributed by atoms with E-state index < -0.39 is 5.82 Å². The summed E-state index contributed by atoms with van der Waals surface area (Å²) >= 11 is 0. The average molecular weight is 361 g/mol. The third-order valence-corrected chi connectivity index (χ3v) is 5.54. The van der Waals surface area contributed by atoms with Crippen molar-refractivity contribution in [2.24, 2.45) is 5.92 Å². The van der Waals surface area contributed by atoms with E-state index in [4.69, 9.17) is 0 Å². The molecule has 142 valence electrons. The lowest BCUT2D eigenvalue weighted by atomic mass is 10.0. The largest absolute Gasteiger partial charge is 0.338 e. The van der Waals surface area contributed by atoms with Gasteiger partial charge in [-0.1, -0.05) is 26.0 Å². The minimum absolute atomic E-state index is 0.0140. The highest BCUT2D eigenvalue weighted by Gasteiger charge is 2.33. The van der Waals surface area contributed by atoms with Crippen molar-refractivity contribution in [1.29, 1.82) is 0 Å². The molecule has 26 heavy (non-hydrogen) atoms. The fourth-order valence-electron chi connectivity index (χ4n) is 4.03. The van der Waals surface area contributed by atoms with Crippen molar-refractivity contribution in [2.75, 3.05) is 19.6 Å². The lowest BCUT2D eigenvalue weighted by Gasteiger charge is -2.35. The van der Waals surface area contributed by atoms with Gasteiger partial charge in [-0.05, 0) is 43.7 Å². The van der Waals surface area contributed by atoms with E-state index in [0.29, 0.717) is 37.9 Å². The number of carbonyl (C=O) groups excluding carboxylic acids is 2. The minimum Gasteiger partial charge on any atom is -0.338 e. The molecule has 1 aromatic rings. The topological polar surface area (TPSA) is 52.7 Å². The van der Waals surface area contributed by atoms with E-state index in [1.165, 1.54) is 12.1 Å². The maximum Gasteiger partial charge on any atom is 0.317 e. The van der Waals surface area contributed by atoms with Crippen LogP contribution in [0.3, 0.4) is 0 Å². The van der Waals surface area contributed by atoms with Gasteiger partial charge in [0.15, 0.2) is 0 Å². The zero-order valence-electron chi connectivity index (χ0n) is 15.6. The zero-order valence-corrected chi connectivity index (χ0v) is 15.6. The number of nitrogens with one attached hydrogen (secondary N) is 1. The molecule has 0 saturated carbocycles. The van der Waals surface area contributed by atoms with Gasteiger partial charge in [-0.25, -0.2) is 9.18 Å². The first kappa shape index (κ1) is 18.7. The summed E-state index contributed by atoms with van der Waals surface area (Å²) in [6.45, 7) is 6.20. The van der Waals surface area contributed by atoms with Gasteiger partial charge in [0.1, 0.15) is 5.82 Å². The molecule has 0 aromatic heterocycles. The Morgan fingerprint density at radius 1 is 1.12 bits per heavy atom. The molecule has 6 heteroatoms. The number of halogens is 1. The van der Waals surface area contributed by atoms with Gasteiger partial charge >= 0.3 is 6.03 Å². The van der Waals surface area contributed by atoms with Crippen LogP contribution in [0.1, 0.15) is 49.9 Å². The second-order valence-corrected chi connectivity index (χ2v) is 7.64. The van der Waals surface area contributed by atoms with Gasteiger partial charge in [-0.2, -0.15) is 0 Å². The van der Waals surface area contributed by atoms with E-state index in [2.05, 4.69) is 19.2 Å². The summed E-state index contributed by atoms with van der Waals surface area (Å²) in [5.74, 6) is -0.294. The number of benzene rings is 1. The highest BCUT2D eigenvalue weighted by molar-refractivity contribution is 5.94. The van der Waals surface area contributed by atoms with Gasteiger partial charge in [-0.15, -0.1) is 0 Å². The van der Waals surface area contributed by atoms with Crippen molar-refractivity contribution in [1.82, 2.24) is 15.1 Å². The smallest absolute Gasteiger partial charge is 0.317 e. The Bertz CT molecular complexity index is 656. The van der Waals surface area contributed by atoms with Crippen LogP contribution >= 0.6 is 0 Å². The normalized spacial score (nSPS) is 21.3. The van der Waals surface area contributed by atoms with Crippen molar-refractivity contribution < 1.29 is 14.0 Å². The van der Waals surface area contributed by atoms with E-state index in [0.717, 1.165) is 19.4 Å². The third-order valence-electron chi connectivity index (χ3n) is 5.54. The van der Waals surface area contributed by atoms with E-state index in [1.807, 2.05) is 4.90 Å². The molecular weight excluding hydrogens is 333 g/mol.